The van der Waals surface area contributed by atoms with Gasteiger partial charge in [-0.25, -0.2) is 0 Å². The summed E-state index contributed by atoms with van der Waals surface area (Å²) < 4.78 is 0. The fourth-order valence-electron chi connectivity index (χ4n) is 4.63. The molecule has 2 fully saturated rings. The van der Waals surface area contributed by atoms with Crippen molar-refractivity contribution in [1.82, 2.24) is 0 Å². The maximum atomic E-state index is 13.0. The minimum Gasteiger partial charge on any atom is -0.366 e. The number of piperidine rings is 1. The van der Waals surface area contributed by atoms with E-state index in [1.54, 1.807) is 6.07 Å². The molecular weight excluding hydrogens is 378 g/mol. The number of rotatable bonds is 5. The summed E-state index contributed by atoms with van der Waals surface area (Å²) in [4.78, 5) is 38.4. The molecule has 3 amide bonds. The highest BCUT2D eigenvalue weighted by atomic mass is 16.2. The first-order valence-electron chi connectivity index (χ1n) is 10.6. The van der Waals surface area contributed by atoms with Crippen molar-refractivity contribution in [2.24, 2.45) is 11.7 Å². The number of hydrogen-bond acceptors (Lipinski definition) is 3. The Kier molecular flexibility index (Phi) is 5.84. The van der Waals surface area contributed by atoms with E-state index in [2.05, 4.69) is 5.32 Å². The highest BCUT2D eigenvalue weighted by Gasteiger charge is 2.34. The Hall–Kier alpha value is -3.15. The fourth-order valence-corrected chi connectivity index (χ4v) is 4.63. The van der Waals surface area contributed by atoms with E-state index in [4.69, 9.17) is 5.73 Å². The molecule has 0 radical (unpaired) electrons. The first kappa shape index (κ1) is 20.1. The highest BCUT2D eigenvalue weighted by molar-refractivity contribution is 5.96. The van der Waals surface area contributed by atoms with Crippen LogP contribution in [0.1, 0.15) is 60.4 Å². The Morgan fingerprint density at radius 3 is 2.53 bits per heavy atom. The molecule has 156 valence electrons. The molecule has 1 heterocycles. The van der Waals surface area contributed by atoms with Crippen molar-refractivity contribution < 1.29 is 14.4 Å². The van der Waals surface area contributed by atoms with E-state index in [0.29, 0.717) is 12.0 Å². The van der Waals surface area contributed by atoms with Crippen LogP contribution in [0.2, 0.25) is 0 Å². The largest absolute Gasteiger partial charge is 0.366 e. The zero-order valence-electron chi connectivity index (χ0n) is 17.0. The molecule has 1 saturated carbocycles. The van der Waals surface area contributed by atoms with Gasteiger partial charge in [0.15, 0.2) is 0 Å². The summed E-state index contributed by atoms with van der Waals surface area (Å²) in [5, 5.41) is 3.03. The molecule has 2 aromatic rings. The number of amides is 3. The van der Waals surface area contributed by atoms with Gasteiger partial charge in [-0.3, -0.25) is 14.4 Å². The van der Waals surface area contributed by atoms with Crippen molar-refractivity contribution in [1.29, 1.82) is 0 Å². The first-order valence-corrected chi connectivity index (χ1v) is 10.6. The van der Waals surface area contributed by atoms with Crippen LogP contribution in [0.5, 0.6) is 0 Å². The van der Waals surface area contributed by atoms with E-state index in [1.807, 2.05) is 47.4 Å². The molecule has 0 aromatic heterocycles. The van der Waals surface area contributed by atoms with Crippen LogP contribution in [0.15, 0.2) is 48.5 Å². The van der Waals surface area contributed by atoms with Crippen LogP contribution in [0, 0.1) is 5.92 Å². The minimum atomic E-state index is -0.455. The predicted molar refractivity (Wildman–Crippen MR) is 116 cm³/mol. The highest BCUT2D eigenvalue weighted by Crippen LogP contribution is 2.40. The van der Waals surface area contributed by atoms with E-state index in [-0.39, 0.29) is 23.7 Å². The number of carbonyl (C=O) groups is 3. The van der Waals surface area contributed by atoms with E-state index >= 15 is 0 Å². The molecule has 1 aliphatic carbocycles. The minimum absolute atomic E-state index is 0.0104. The number of anilines is 2. The summed E-state index contributed by atoms with van der Waals surface area (Å²) in [5.41, 5.74) is 8.47. The van der Waals surface area contributed by atoms with Gasteiger partial charge in [-0.15, -0.1) is 0 Å². The molecular formula is C24H27N3O3. The van der Waals surface area contributed by atoms with Crippen LogP contribution in [0.4, 0.5) is 11.4 Å². The maximum absolute atomic E-state index is 13.0. The zero-order chi connectivity index (χ0) is 21.1. The average molecular weight is 405 g/mol. The summed E-state index contributed by atoms with van der Waals surface area (Å²) in [6.45, 7) is 0.749. The van der Waals surface area contributed by atoms with Gasteiger partial charge in [-0.05, 0) is 73.6 Å². The Bertz CT molecular complexity index is 954. The first-order chi connectivity index (χ1) is 14.5. The molecule has 1 aliphatic heterocycles. The summed E-state index contributed by atoms with van der Waals surface area (Å²) in [7, 11) is 0. The molecule has 3 N–H and O–H groups in total. The van der Waals surface area contributed by atoms with Crippen molar-refractivity contribution in [3.8, 4) is 0 Å². The fraction of sp³-hybridized carbons (Fsp3) is 0.375. The van der Waals surface area contributed by atoms with Crippen molar-refractivity contribution in [3.05, 3.63) is 59.7 Å². The van der Waals surface area contributed by atoms with Crippen molar-refractivity contribution >= 4 is 29.1 Å². The molecule has 1 saturated heterocycles. The lowest BCUT2D eigenvalue weighted by Crippen LogP contribution is -2.35. The number of nitrogens with two attached hydrogens (primary N) is 1. The lowest BCUT2D eigenvalue weighted by molar-refractivity contribution is -0.120. The molecule has 2 aliphatic rings. The quantitative estimate of drug-likeness (QED) is 0.792. The van der Waals surface area contributed by atoms with Gasteiger partial charge in [0.1, 0.15) is 0 Å². The van der Waals surface area contributed by atoms with Gasteiger partial charge in [0.05, 0.1) is 0 Å². The number of hydrogen-bond donors (Lipinski definition) is 2. The van der Waals surface area contributed by atoms with E-state index in [9.17, 15) is 14.4 Å². The predicted octanol–water partition coefficient (Wildman–Crippen LogP) is 3.82. The van der Waals surface area contributed by atoms with Gasteiger partial charge in [0, 0.05) is 35.8 Å². The number of benzene rings is 2. The third-order valence-corrected chi connectivity index (χ3v) is 6.22. The Labute approximate surface area is 176 Å². The van der Waals surface area contributed by atoms with E-state index < -0.39 is 5.91 Å². The standard InChI is InChI=1S/C24H27N3O3/c25-23(29)17-6-3-5-16(15-17)20-7-4-8-21(20)24(30)26-18-10-12-19(13-11-18)27-14-2-1-9-22(27)28/h3,5-6,10-13,15,20-21H,1-2,4,7-9,14H2,(H2,25,29)(H,26,30). The van der Waals surface area contributed by atoms with Crippen LogP contribution in [0.25, 0.3) is 0 Å². The summed E-state index contributed by atoms with van der Waals surface area (Å²) in [6, 6.07) is 14.8. The molecule has 2 atom stereocenters. The van der Waals surface area contributed by atoms with E-state index in [0.717, 1.165) is 55.6 Å². The number of nitrogens with zero attached hydrogens (tertiary/aromatic N) is 1. The number of carbonyl (C=O) groups excluding carboxylic acids is 3. The van der Waals surface area contributed by atoms with Crippen molar-refractivity contribution in [2.45, 2.75) is 44.4 Å². The molecule has 0 spiro atoms. The summed E-state index contributed by atoms with van der Waals surface area (Å²) >= 11 is 0. The second kappa shape index (κ2) is 8.69. The summed E-state index contributed by atoms with van der Waals surface area (Å²) in [6.07, 6.45) is 5.27. The maximum Gasteiger partial charge on any atom is 0.248 e. The van der Waals surface area contributed by atoms with Gasteiger partial charge < -0.3 is 16.0 Å². The lowest BCUT2D eigenvalue weighted by atomic mass is 9.87. The van der Waals surface area contributed by atoms with Crippen molar-refractivity contribution in [3.63, 3.8) is 0 Å². The third-order valence-electron chi connectivity index (χ3n) is 6.22. The molecule has 6 heteroatoms. The monoisotopic (exact) mass is 405 g/mol. The molecule has 4 rings (SSSR count). The smallest absolute Gasteiger partial charge is 0.248 e. The molecule has 0 bridgehead atoms. The number of nitrogens with one attached hydrogen (secondary N) is 1. The van der Waals surface area contributed by atoms with Crippen LogP contribution >= 0.6 is 0 Å². The zero-order valence-corrected chi connectivity index (χ0v) is 17.0. The Morgan fingerprint density at radius 2 is 1.80 bits per heavy atom. The van der Waals surface area contributed by atoms with Crippen LogP contribution in [-0.4, -0.2) is 24.3 Å². The number of primary amides is 1. The molecule has 2 aromatic carbocycles. The molecule has 30 heavy (non-hydrogen) atoms. The second-order valence-electron chi connectivity index (χ2n) is 8.17. The summed E-state index contributed by atoms with van der Waals surface area (Å²) in [5.74, 6) is -0.372. The second-order valence-corrected chi connectivity index (χ2v) is 8.17. The lowest BCUT2D eigenvalue weighted by Gasteiger charge is -2.27. The van der Waals surface area contributed by atoms with Crippen LogP contribution < -0.4 is 16.0 Å². The average Bonchev–Trinajstić information content (AvgIpc) is 3.25. The van der Waals surface area contributed by atoms with Gasteiger partial charge in [0.2, 0.25) is 17.7 Å². The van der Waals surface area contributed by atoms with Crippen molar-refractivity contribution in [2.75, 3.05) is 16.8 Å². The molecule has 6 nitrogen and oxygen atoms in total. The van der Waals surface area contributed by atoms with Gasteiger partial charge in [-0.2, -0.15) is 0 Å². The SMILES string of the molecule is NC(=O)c1cccc(C2CCCC2C(=O)Nc2ccc(N3CCCCC3=O)cc2)c1. The molecule has 2 unspecified atom stereocenters. The normalized spacial score (nSPS) is 21.5. The Balaban J connectivity index is 1.44. The van der Waals surface area contributed by atoms with Crippen LogP contribution in [0.3, 0.4) is 0 Å². The van der Waals surface area contributed by atoms with Gasteiger partial charge in [0.25, 0.3) is 0 Å². The van der Waals surface area contributed by atoms with Gasteiger partial charge in [-0.1, -0.05) is 18.6 Å². The van der Waals surface area contributed by atoms with E-state index in [1.165, 1.54) is 0 Å². The van der Waals surface area contributed by atoms with Crippen LogP contribution in [-0.2, 0) is 9.59 Å². The third kappa shape index (κ3) is 4.22. The van der Waals surface area contributed by atoms with Gasteiger partial charge >= 0.3 is 0 Å². The Morgan fingerprint density at radius 1 is 1.00 bits per heavy atom. The topological polar surface area (TPSA) is 92.5 Å².